The van der Waals surface area contributed by atoms with Gasteiger partial charge < -0.3 is 20.3 Å². The van der Waals surface area contributed by atoms with Crippen LogP contribution in [-0.2, 0) is 4.79 Å². The SMILES string of the molecule is COc1ccc(Cl)cc1C(=O)N1CCCC1C(=O)N1CCC(C)(CN)C1.Cl. The Labute approximate surface area is 171 Å². The first kappa shape index (κ1) is 21.8. The predicted octanol–water partition coefficient (Wildman–Crippen LogP) is 2.57. The Kier molecular flexibility index (Phi) is 7.00. The highest BCUT2D eigenvalue weighted by molar-refractivity contribution is 6.31. The van der Waals surface area contributed by atoms with E-state index in [1.54, 1.807) is 23.1 Å². The number of carbonyl (C=O) groups is 2. The molecule has 0 aliphatic carbocycles. The topological polar surface area (TPSA) is 75.9 Å². The number of likely N-dealkylation sites (tertiary alicyclic amines) is 2. The molecule has 1 aromatic carbocycles. The lowest BCUT2D eigenvalue weighted by molar-refractivity contribution is -0.134. The molecule has 0 radical (unpaired) electrons. The summed E-state index contributed by atoms with van der Waals surface area (Å²) in [4.78, 5) is 29.7. The van der Waals surface area contributed by atoms with Crippen LogP contribution in [0.3, 0.4) is 0 Å². The standard InChI is InChI=1S/C19H26ClN3O3.ClH/c1-19(11-21)7-9-22(12-19)18(25)15-4-3-8-23(15)17(24)14-10-13(20)5-6-16(14)26-2;/h5-6,10,15H,3-4,7-9,11-12,21H2,1-2H3;1H. The van der Waals surface area contributed by atoms with E-state index >= 15 is 0 Å². The summed E-state index contributed by atoms with van der Waals surface area (Å²) in [6, 6.07) is 4.53. The molecule has 2 unspecified atom stereocenters. The van der Waals surface area contributed by atoms with Crippen LogP contribution in [0, 0.1) is 5.41 Å². The minimum Gasteiger partial charge on any atom is -0.496 e. The predicted molar refractivity (Wildman–Crippen MR) is 108 cm³/mol. The van der Waals surface area contributed by atoms with Crippen LogP contribution in [0.4, 0.5) is 0 Å². The third kappa shape index (κ3) is 4.33. The van der Waals surface area contributed by atoms with Gasteiger partial charge in [0.1, 0.15) is 11.8 Å². The number of hydrogen-bond donors (Lipinski definition) is 1. The summed E-state index contributed by atoms with van der Waals surface area (Å²) in [5.74, 6) is 0.282. The zero-order valence-electron chi connectivity index (χ0n) is 15.7. The Balaban J connectivity index is 0.00000261. The average molecular weight is 416 g/mol. The van der Waals surface area contributed by atoms with E-state index in [0.29, 0.717) is 48.9 Å². The molecular formula is C19H27Cl2N3O3. The number of ether oxygens (including phenoxy) is 1. The number of nitrogens with two attached hydrogens (primary N) is 1. The Morgan fingerprint density at radius 3 is 2.74 bits per heavy atom. The van der Waals surface area contributed by atoms with Crippen molar-refractivity contribution >= 4 is 35.8 Å². The third-order valence-electron chi connectivity index (χ3n) is 5.55. The van der Waals surface area contributed by atoms with Gasteiger partial charge in [0.15, 0.2) is 0 Å². The van der Waals surface area contributed by atoms with Gasteiger partial charge in [-0.2, -0.15) is 0 Å². The number of methoxy groups -OCH3 is 1. The number of rotatable bonds is 4. The molecular weight excluding hydrogens is 389 g/mol. The van der Waals surface area contributed by atoms with Gasteiger partial charge in [-0.15, -0.1) is 12.4 Å². The summed E-state index contributed by atoms with van der Waals surface area (Å²) in [6.07, 6.45) is 2.40. The molecule has 1 aromatic rings. The van der Waals surface area contributed by atoms with Crippen LogP contribution in [0.25, 0.3) is 0 Å². The third-order valence-corrected chi connectivity index (χ3v) is 5.79. The summed E-state index contributed by atoms with van der Waals surface area (Å²) in [7, 11) is 1.52. The summed E-state index contributed by atoms with van der Waals surface area (Å²) in [6.45, 7) is 4.58. The van der Waals surface area contributed by atoms with Gasteiger partial charge >= 0.3 is 0 Å². The van der Waals surface area contributed by atoms with E-state index in [2.05, 4.69) is 6.92 Å². The molecule has 2 aliphatic rings. The van der Waals surface area contributed by atoms with Crippen molar-refractivity contribution < 1.29 is 14.3 Å². The van der Waals surface area contributed by atoms with Crippen LogP contribution < -0.4 is 10.5 Å². The van der Waals surface area contributed by atoms with Crippen molar-refractivity contribution in [3.63, 3.8) is 0 Å². The maximum absolute atomic E-state index is 13.1. The molecule has 2 atom stereocenters. The maximum atomic E-state index is 13.1. The molecule has 0 aromatic heterocycles. The smallest absolute Gasteiger partial charge is 0.258 e. The number of amides is 2. The van der Waals surface area contributed by atoms with Gasteiger partial charge in [-0.3, -0.25) is 9.59 Å². The van der Waals surface area contributed by atoms with Crippen molar-refractivity contribution in [3.05, 3.63) is 28.8 Å². The lowest BCUT2D eigenvalue weighted by atomic mass is 9.90. The molecule has 27 heavy (non-hydrogen) atoms. The molecule has 2 fully saturated rings. The van der Waals surface area contributed by atoms with Gasteiger partial charge in [0.25, 0.3) is 5.91 Å². The lowest BCUT2D eigenvalue weighted by Gasteiger charge is -2.29. The van der Waals surface area contributed by atoms with Crippen molar-refractivity contribution in [2.45, 2.75) is 32.2 Å². The fourth-order valence-corrected chi connectivity index (χ4v) is 4.03. The minimum absolute atomic E-state index is 0. The van der Waals surface area contributed by atoms with Crippen molar-refractivity contribution in [1.82, 2.24) is 9.80 Å². The monoisotopic (exact) mass is 415 g/mol. The summed E-state index contributed by atoms with van der Waals surface area (Å²) in [5.41, 5.74) is 6.22. The molecule has 6 nitrogen and oxygen atoms in total. The Hall–Kier alpha value is -1.50. The normalized spacial score (nSPS) is 24.7. The number of halogens is 2. The second kappa shape index (κ2) is 8.67. The minimum atomic E-state index is -0.425. The molecule has 0 saturated carbocycles. The van der Waals surface area contributed by atoms with Crippen LogP contribution in [0.2, 0.25) is 5.02 Å². The molecule has 0 spiro atoms. The summed E-state index contributed by atoms with van der Waals surface area (Å²) < 4.78 is 5.30. The van der Waals surface area contributed by atoms with Crippen LogP contribution in [0.5, 0.6) is 5.75 Å². The Bertz CT molecular complexity index is 715. The number of nitrogens with zero attached hydrogens (tertiary/aromatic N) is 2. The quantitative estimate of drug-likeness (QED) is 0.819. The van der Waals surface area contributed by atoms with E-state index in [0.717, 1.165) is 12.8 Å². The van der Waals surface area contributed by atoms with E-state index in [9.17, 15) is 9.59 Å². The zero-order valence-corrected chi connectivity index (χ0v) is 17.3. The van der Waals surface area contributed by atoms with Gasteiger partial charge in [-0.1, -0.05) is 18.5 Å². The Morgan fingerprint density at radius 1 is 1.37 bits per heavy atom. The highest BCUT2D eigenvalue weighted by atomic mass is 35.5. The van der Waals surface area contributed by atoms with Crippen molar-refractivity contribution in [2.75, 3.05) is 33.3 Å². The first-order valence-corrected chi connectivity index (χ1v) is 9.40. The maximum Gasteiger partial charge on any atom is 0.258 e. The molecule has 2 amide bonds. The first-order valence-electron chi connectivity index (χ1n) is 9.02. The van der Waals surface area contributed by atoms with Crippen molar-refractivity contribution in [2.24, 2.45) is 11.1 Å². The highest BCUT2D eigenvalue weighted by Crippen LogP contribution is 2.32. The highest BCUT2D eigenvalue weighted by Gasteiger charge is 2.42. The molecule has 2 aliphatic heterocycles. The fourth-order valence-electron chi connectivity index (χ4n) is 3.86. The van der Waals surface area contributed by atoms with E-state index < -0.39 is 6.04 Å². The fraction of sp³-hybridized carbons (Fsp3) is 0.579. The average Bonchev–Trinajstić information content (AvgIpc) is 3.28. The van der Waals surface area contributed by atoms with Gasteiger partial charge in [0.05, 0.1) is 12.7 Å². The summed E-state index contributed by atoms with van der Waals surface area (Å²) >= 11 is 6.06. The van der Waals surface area contributed by atoms with Gasteiger partial charge in [0.2, 0.25) is 5.91 Å². The first-order chi connectivity index (χ1) is 12.4. The Morgan fingerprint density at radius 2 is 2.11 bits per heavy atom. The lowest BCUT2D eigenvalue weighted by Crippen LogP contribution is -2.48. The van der Waals surface area contributed by atoms with E-state index in [1.807, 2.05) is 4.90 Å². The molecule has 8 heteroatoms. The summed E-state index contributed by atoms with van der Waals surface area (Å²) in [5, 5.41) is 0.467. The van der Waals surface area contributed by atoms with E-state index in [-0.39, 0.29) is 29.6 Å². The zero-order chi connectivity index (χ0) is 18.9. The van der Waals surface area contributed by atoms with E-state index in [4.69, 9.17) is 22.1 Å². The van der Waals surface area contributed by atoms with Crippen LogP contribution in [-0.4, -0.2) is 60.9 Å². The molecule has 2 N–H and O–H groups in total. The van der Waals surface area contributed by atoms with Crippen molar-refractivity contribution in [3.8, 4) is 5.75 Å². The number of hydrogen-bond acceptors (Lipinski definition) is 4. The van der Waals surface area contributed by atoms with Gasteiger partial charge in [0, 0.05) is 24.7 Å². The number of benzene rings is 1. The molecule has 2 heterocycles. The number of carbonyl (C=O) groups excluding carboxylic acids is 2. The van der Waals surface area contributed by atoms with Crippen molar-refractivity contribution in [1.29, 1.82) is 0 Å². The van der Waals surface area contributed by atoms with E-state index in [1.165, 1.54) is 7.11 Å². The van der Waals surface area contributed by atoms with Gasteiger partial charge in [-0.05, 0) is 49.4 Å². The van der Waals surface area contributed by atoms with Crippen LogP contribution >= 0.6 is 24.0 Å². The second-order valence-corrected chi connectivity index (χ2v) is 7.96. The largest absolute Gasteiger partial charge is 0.496 e. The van der Waals surface area contributed by atoms with Gasteiger partial charge in [-0.25, -0.2) is 0 Å². The van der Waals surface area contributed by atoms with Crippen LogP contribution in [0.1, 0.15) is 36.5 Å². The molecule has 2 saturated heterocycles. The second-order valence-electron chi connectivity index (χ2n) is 7.53. The molecule has 150 valence electrons. The molecule has 0 bridgehead atoms. The van der Waals surface area contributed by atoms with Crippen LogP contribution in [0.15, 0.2) is 18.2 Å². The molecule has 3 rings (SSSR count).